The lowest BCUT2D eigenvalue weighted by Crippen LogP contribution is -2.41. The summed E-state index contributed by atoms with van der Waals surface area (Å²) >= 11 is 0. The maximum absolute atomic E-state index is 12.1. The van der Waals surface area contributed by atoms with E-state index in [1.54, 1.807) is 0 Å². The van der Waals surface area contributed by atoms with Gasteiger partial charge in [0.15, 0.2) is 0 Å². The van der Waals surface area contributed by atoms with E-state index >= 15 is 0 Å². The zero-order valence-corrected chi connectivity index (χ0v) is 11.1. The molecule has 0 unspecified atom stereocenters. The number of hydrogen-bond acceptors (Lipinski definition) is 3. The molecule has 2 aliphatic rings. The van der Waals surface area contributed by atoms with Crippen LogP contribution in [0.3, 0.4) is 0 Å². The lowest BCUT2D eigenvalue weighted by Gasteiger charge is -2.32. The summed E-state index contributed by atoms with van der Waals surface area (Å²) in [6.07, 6.45) is 7.88. The largest absolute Gasteiger partial charge is 0.394 e. The number of piperidine rings is 1. The van der Waals surface area contributed by atoms with Crippen molar-refractivity contribution >= 4 is 5.91 Å². The summed E-state index contributed by atoms with van der Waals surface area (Å²) in [6.45, 7) is 2.14. The number of likely N-dealkylation sites (tertiary alicyclic amines) is 1. The van der Waals surface area contributed by atoms with Crippen LogP contribution in [0.1, 0.15) is 44.9 Å². The fraction of sp³-hybridized carbons (Fsp3) is 0.929. The van der Waals surface area contributed by atoms with Gasteiger partial charge in [-0.3, -0.25) is 4.79 Å². The monoisotopic (exact) mass is 255 g/mol. The molecule has 2 fully saturated rings. The second-order valence-corrected chi connectivity index (χ2v) is 5.53. The Labute approximate surface area is 109 Å². The van der Waals surface area contributed by atoms with E-state index in [2.05, 4.69) is 0 Å². The first-order valence-electron chi connectivity index (χ1n) is 7.30. The number of ether oxygens (including phenoxy) is 1. The minimum absolute atomic E-state index is 0.0842. The summed E-state index contributed by atoms with van der Waals surface area (Å²) in [6, 6.07) is 0. The normalized spacial score (nSPS) is 22.6. The number of nitrogens with zero attached hydrogens (tertiary/aromatic N) is 1. The molecular formula is C14H25NO3. The number of hydrogen-bond donors (Lipinski definition) is 1. The zero-order chi connectivity index (χ0) is 12.8. The molecule has 2 rings (SSSR count). The highest BCUT2D eigenvalue weighted by molar-refractivity contribution is 5.76. The van der Waals surface area contributed by atoms with Crippen molar-refractivity contribution in [3.05, 3.63) is 0 Å². The van der Waals surface area contributed by atoms with Gasteiger partial charge < -0.3 is 14.7 Å². The summed E-state index contributed by atoms with van der Waals surface area (Å²) < 4.78 is 5.51. The van der Waals surface area contributed by atoms with Crippen LogP contribution in [0.15, 0.2) is 0 Å². The van der Waals surface area contributed by atoms with E-state index in [1.165, 1.54) is 25.7 Å². The molecule has 0 aromatic heterocycles. The SMILES string of the molecule is O=C(CC1CCCC1)N1CCC(OCCO)CC1. The molecule has 0 atom stereocenters. The smallest absolute Gasteiger partial charge is 0.222 e. The fourth-order valence-corrected chi connectivity index (χ4v) is 3.08. The molecular weight excluding hydrogens is 230 g/mol. The molecule has 0 spiro atoms. The summed E-state index contributed by atoms with van der Waals surface area (Å²) in [7, 11) is 0. The third-order valence-corrected chi connectivity index (χ3v) is 4.18. The summed E-state index contributed by atoms with van der Waals surface area (Å²) in [5.41, 5.74) is 0. The first-order chi connectivity index (χ1) is 8.79. The number of carbonyl (C=O) groups is 1. The lowest BCUT2D eigenvalue weighted by molar-refractivity contribution is -0.135. The summed E-state index contributed by atoms with van der Waals surface area (Å²) in [5, 5.41) is 8.71. The average Bonchev–Trinajstić information content (AvgIpc) is 2.89. The minimum atomic E-state index is 0.0842. The maximum Gasteiger partial charge on any atom is 0.222 e. The van der Waals surface area contributed by atoms with E-state index in [1.807, 2.05) is 4.90 Å². The van der Waals surface area contributed by atoms with Crippen molar-refractivity contribution in [1.82, 2.24) is 4.90 Å². The molecule has 1 aliphatic carbocycles. The van der Waals surface area contributed by atoms with Gasteiger partial charge in [-0.2, -0.15) is 0 Å². The van der Waals surface area contributed by atoms with Gasteiger partial charge in [0, 0.05) is 19.5 Å². The highest BCUT2D eigenvalue weighted by Gasteiger charge is 2.26. The molecule has 0 bridgehead atoms. The first-order valence-corrected chi connectivity index (χ1v) is 7.30. The average molecular weight is 255 g/mol. The lowest BCUT2D eigenvalue weighted by atomic mass is 10.0. The number of aliphatic hydroxyl groups excluding tert-OH is 1. The van der Waals surface area contributed by atoms with E-state index in [0.717, 1.165) is 32.4 Å². The van der Waals surface area contributed by atoms with Crippen LogP contribution in [0.2, 0.25) is 0 Å². The van der Waals surface area contributed by atoms with Crippen LogP contribution >= 0.6 is 0 Å². The molecule has 1 saturated carbocycles. The van der Waals surface area contributed by atoms with E-state index in [-0.39, 0.29) is 12.7 Å². The van der Waals surface area contributed by atoms with E-state index in [4.69, 9.17) is 9.84 Å². The van der Waals surface area contributed by atoms with E-state index in [9.17, 15) is 4.79 Å². The number of carbonyl (C=O) groups excluding carboxylic acids is 1. The van der Waals surface area contributed by atoms with E-state index < -0.39 is 0 Å². The second-order valence-electron chi connectivity index (χ2n) is 5.53. The molecule has 1 aliphatic heterocycles. The molecule has 4 heteroatoms. The Kier molecular flexibility index (Phi) is 5.45. The molecule has 18 heavy (non-hydrogen) atoms. The van der Waals surface area contributed by atoms with Crippen molar-refractivity contribution in [2.24, 2.45) is 5.92 Å². The highest BCUT2D eigenvalue weighted by atomic mass is 16.5. The van der Waals surface area contributed by atoms with Crippen LogP contribution in [0, 0.1) is 5.92 Å². The maximum atomic E-state index is 12.1. The van der Waals surface area contributed by atoms with Crippen LogP contribution in [-0.4, -0.2) is 48.3 Å². The highest BCUT2D eigenvalue weighted by Crippen LogP contribution is 2.28. The Balaban J connectivity index is 1.66. The molecule has 1 N–H and O–H groups in total. The van der Waals surface area contributed by atoms with Crippen LogP contribution in [0.25, 0.3) is 0 Å². The predicted molar refractivity (Wildman–Crippen MR) is 69.2 cm³/mol. The van der Waals surface area contributed by atoms with Crippen molar-refractivity contribution in [3.8, 4) is 0 Å². The number of aliphatic hydroxyl groups is 1. The predicted octanol–water partition coefficient (Wildman–Crippen LogP) is 1.57. The topological polar surface area (TPSA) is 49.8 Å². The minimum Gasteiger partial charge on any atom is -0.394 e. The van der Waals surface area contributed by atoms with Crippen molar-refractivity contribution in [3.63, 3.8) is 0 Å². The quantitative estimate of drug-likeness (QED) is 0.811. The van der Waals surface area contributed by atoms with Gasteiger partial charge in [-0.05, 0) is 31.6 Å². The van der Waals surface area contributed by atoms with Gasteiger partial charge in [-0.25, -0.2) is 0 Å². The van der Waals surface area contributed by atoms with Crippen molar-refractivity contribution < 1.29 is 14.6 Å². The fourth-order valence-electron chi connectivity index (χ4n) is 3.08. The van der Waals surface area contributed by atoms with Crippen LogP contribution in [0.4, 0.5) is 0 Å². The van der Waals surface area contributed by atoms with Crippen molar-refractivity contribution in [1.29, 1.82) is 0 Å². The Hall–Kier alpha value is -0.610. The molecule has 104 valence electrons. The van der Waals surface area contributed by atoms with Gasteiger partial charge >= 0.3 is 0 Å². The third kappa shape index (κ3) is 3.95. The second kappa shape index (κ2) is 7.10. The summed E-state index contributed by atoms with van der Waals surface area (Å²) in [4.78, 5) is 14.1. The number of amides is 1. The van der Waals surface area contributed by atoms with Crippen LogP contribution < -0.4 is 0 Å². The van der Waals surface area contributed by atoms with Gasteiger partial charge in [0.2, 0.25) is 5.91 Å². The van der Waals surface area contributed by atoms with Gasteiger partial charge in [-0.1, -0.05) is 12.8 Å². The van der Waals surface area contributed by atoms with Gasteiger partial charge in [0.05, 0.1) is 19.3 Å². The van der Waals surface area contributed by atoms with Crippen LogP contribution in [-0.2, 0) is 9.53 Å². The van der Waals surface area contributed by atoms with Gasteiger partial charge in [0.25, 0.3) is 0 Å². The molecule has 1 amide bonds. The molecule has 0 aromatic rings. The Morgan fingerprint density at radius 1 is 1.17 bits per heavy atom. The van der Waals surface area contributed by atoms with Crippen molar-refractivity contribution in [2.45, 2.75) is 51.0 Å². The summed E-state index contributed by atoms with van der Waals surface area (Å²) in [5.74, 6) is 0.975. The Bertz CT molecular complexity index is 256. The molecule has 0 aromatic carbocycles. The first kappa shape index (κ1) is 13.8. The van der Waals surface area contributed by atoms with Gasteiger partial charge in [-0.15, -0.1) is 0 Å². The zero-order valence-electron chi connectivity index (χ0n) is 11.1. The standard InChI is InChI=1S/C14H25NO3/c16-9-10-18-13-5-7-15(8-6-13)14(17)11-12-3-1-2-4-12/h12-13,16H,1-11H2. The molecule has 1 saturated heterocycles. The Morgan fingerprint density at radius 3 is 2.44 bits per heavy atom. The third-order valence-electron chi connectivity index (χ3n) is 4.18. The number of rotatable bonds is 5. The molecule has 0 radical (unpaired) electrons. The van der Waals surface area contributed by atoms with Gasteiger partial charge in [0.1, 0.15) is 0 Å². The van der Waals surface area contributed by atoms with Crippen molar-refractivity contribution in [2.75, 3.05) is 26.3 Å². The van der Waals surface area contributed by atoms with E-state index in [0.29, 0.717) is 18.4 Å². The Morgan fingerprint density at radius 2 is 1.83 bits per heavy atom. The molecule has 1 heterocycles. The van der Waals surface area contributed by atoms with Crippen LogP contribution in [0.5, 0.6) is 0 Å². The molecule has 4 nitrogen and oxygen atoms in total.